The van der Waals surface area contributed by atoms with Gasteiger partial charge < -0.3 is 10.2 Å². The summed E-state index contributed by atoms with van der Waals surface area (Å²) in [6.45, 7) is 9.29. The highest BCUT2D eigenvalue weighted by atomic mass is 15.1. The number of nitrogens with one attached hydrogen (secondary N) is 1. The fourth-order valence-corrected chi connectivity index (χ4v) is 1.48. The lowest BCUT2D eigenvalue weighted by Gasteiger charge is -2.25. The van der Waals surface area contributed by atoms with Gasteiger partial charge in [0.25, 0.3) is 0 Å². The van der Waals surface area contributed by atoms with E-state index in [0.717, 1.165) is 18.5 Å². The Balaban J connectivity index is 3.49. The molecule has 0 bridgehead atoms. The van der Waals surface area contributed by atoms with Crippen molar-refractivity contribution in [3.8, 4) is 0 Å². The third kappa shape index (κ3) is 7.34. The zero-order valence-electron chi connectivity index (χ0n) is 10.6. The van der Waals surface area contributed by atoms with Crippen LogP contribution in [0.25, 0.3) is 0 Å². The van der Waals surface area contributed by atoms with E-state index in [1.165, 1.54) is 25.8 Å². The van der Waals surface area contributed by atoms with Crippen LogP contribution in [0.5, 0.6) is 0 Å². The lowest BCUT2D eigenvalue weighted by Crippen LogP contribution is -2.31. The predicted molar refractivity (Wildman–Crippen MR) is 64.7 cm³/mol. The first-order valence-electron chi connectivity index (χ1n) is 5.92. The smallest absolute Gasteiger partial charge is 0.00643 e. The largest absolute Gasteiger partial charge is 0.320 e. The highest BCUT2D eigenvalue weighted by Crippen LogP contribution is 2.07. The third-order valence-electron chi connectivity index (χ3n) is 2.86. The van der Waals surface area contributed by atoms with E-state index in [4.69, 9.17) is 0 Å². The second-order valence-electron chi connectivity index (χ2n) is 4.76. The molecule has 14 heavy (non-hydrogen) atoms. The van der Waals surface area contributed by atoms with E-state index in [1.807, 2.05) is 7.05 Å². The molecule has 86 valence electrons. The summed E-state index contributed by atoms with van der Waals surface area (Å²) in [5, 5.41) is 3.19. The van der Waals surface area contributed by atoms with E-state index < -0.39 is 0 Å². The van der Waals surface area contributed by atoms with Crippen LogP contribution in [-0.2, 0) is 0 Å². The molecule has 0 aromatic rings. The van der Waals surface area contributed by atoms with E-state index in [2.05, 4.69) is 38.0 Å². The summed E-state index contributed by atoms with van der Waals surface area (Å²) in [6, 6.07) is 0.724. The van der Waals surface area contributed by atoms with E-state index in [-0.39, 0.29) is 0 Å². The standard InChI is InChI=1S/C12H28N2/c1-11(2)8-10-14(5)12(3)7-6-9-13-4/h11-13H,6-10H2,1-5H3. The first kappa shape index (κ1) is 13.9. The fraction of sp³-hybridized carbons (Fsp3) is 1.00. The lowest BCUT2D eigenvalue weighted by atomic mass is 10.1. The molecule has 0 aliphatic rings. The topological polar surface area (TPSA) is 15.3 Å². The van der Waals surface area contributed by atoms with Gasteiger partial charge in [-0.05, 0) is 59.3 Å². The van der Waals surface area contributed by atoms with E-state index in [1.54, 1.807) is 0 Å². The Labute approximate surface area is 90.1 Å². The third-order valence-corrected chi connectivity index (χ3v) is 2.86. The Bertz CT molecular complexity index is 123. The van der Waals surface area contributed by atoms with Crippen LogP contribution in [0.2, 0.25) is 0 Å². The Morgan fingerprint density at radius 3 is 2.29 bits per heavy atom. The van der Waals surface area contributed by atoms with Crippen molar-refractivity contribution in [1.29, 1.82) is 0 Å². The van der Waals surface area contributed by atoms with E-state index >= 15 is 0 Å². The minimum absolute atomic E-state index is 0.724. The van der Waals surface area contributed by atoms with Gasteiger partial charge in [0, 0.05) is 6.04 Å². The Kier molecular flexibility index (Phi) is 8.20. The van der Waals surface area contributed by atoms with Gasteiger partial charge in [0.2, 0.25) is 0 Å². The zero-order chi connectivity index (χ0) is 11.0. The molecule has 0 amide bonds. The average Bonchev–Trinajstić information content (AvgIpc) is 2.14. The Morgan fingerprint density at radius 1 is 1.14 bits per heavy atom. The van der Waals surface area contributed by atoms with Crippen molar-refractivity contribution in [2.75, 3.05) is 27.2 Å². The molecule has 1 N–H and O–H groups in total. The molecular weight excluding hydrogens is 172 g/mol. The highest BCUT2D eigenvalue weighted by molar-refractivity contribution is 4.64. The van der Waals surface area contributed by atoms with Gasteiger partial charge in [-0.25, -0.2) is 0 Å². The second kappa shape index (κ2) is 8.25. The van der Waals surface area contributed by atoms with Gasteiger partial charge in [-0.3, -0.25) is 0 Å². The van der Waals surface area contributed by atoms with Crippen LogP contribution in [0.1, 0.15) is 40.0 Å². The number of rotatable bonds is 8. The molecule has 2 heteroatoms. The molecule has 1 atom stereocenters. The first-order valence-corrected chi connectivity index (χ1v) is 5.92. The molecule has 0 rings (SSSR count). The molecule has 0 saturated heterocycles. The van der Waals surface area contributed by atoms with Gasteiger partial charge in [-0.1, -0.05) is 13.8 Å². The average molecular weight is 200 g/mol. The summed E-state index contributed by atoms with van der Waals surface area (Å²) in [6.07, 6.45) is 3.89. The monoisotopic (exact) mass is 200 g/mol. The van der Waals surface area contributed by atoms with Gasteiger partial charge >= 0.3 is 0 Å². The van der Waals surface area contributed by atoms with Crippen molar-refractivity contribution in [3.05, 3.63) is 0 Å². The summed E-state index contributed by atoms with van der Waals surface area (Å²) in [7, 11) is 4.26. The first-order chi connectivity index (χ1) is 6.57. The van der Waals surface area contributed by atoms with Crippen molar-refractivity contribution in [2.45, 2.75) is 46.1 Å². The van der Waals surface area contributed by atoms with Crippen LogP contribution in [0.3, 0.4) is 0 Å². The molecule has 1 unspecified atom stereocenters. The maximum Gasteiger partial charge on any atom is 0.00643 e. The molecule has 0 aliphatic carbocycles. The van der Waals surface area contributed by atoms with E-state index in [0.29, 0.717) is 0 Å². The van der Waals surface area contributed by atoms with Crippen molar-refractivity contribution >= 4 is 0 Å². The minimum Gasteiger partial charge on any atom is -0.320 e. The summed E-state index contributed by atoms with van der Waals surface area (Å²) in [4.78, 5) is 2.48. The van der Waals surface area contributed by atoms with Gasteiger partial charge in [0.05, 0.1) is 0 Å². The molecule has 0 saturated carbocycles. The quantitative estimate of drug-likeness (QED) is 0.605. The fourth-order valence-electron chi connectivity index (χ4n) is 1.48. The van der Waals surface area contributed by atoms with Crippen molar-refractivity contribution < 1.29 is 0 Å². The molecule has 0 radical (unpaired) electrons. The molecule has 0 aromatic heterocycles. The van der Waals surface area contributed by atoms with Gasteiger partial charge in [-0.2, -0.15) is 0 Å². The number of hydrogen-bond donors (Lipinski definition) is 1. The van der Waals surface area contributed by atoms with Gasteiger partial charge in [-0.15, -0.1) is 0 Å². The van der Waals surface area contributed by atoms with Crippen molar-refractivity contribution in [3.63, 3.8) is 0 Å². The van der Waals surface area contributed by atoms with Crippen LogP contribution < -0.4 is 5.32 Å². The molecule has 0 fully saturated rings. The highest BCUT2D eigenvalue weighted by Gasteiger charge is 2.08. The molecular formula is C12H28N2. The molecule has 0 aromatic carbocycles. The van der Waals surface area contributed by atoms with Crippen molar-refractivity contribution in [1.82, 2.24) is 10.2 Å². The van der Waals surface area contributed by atoms with Gasteiger partial charge in [0.15, 0.2) is 0 Å². The maximum absolute atomic E-state index is 3.19. The second-order valence-corrected chi connectivity index (χ2v) is 4.76. The van der Waals surface area contributed by atoms with Crippen LogP contribution in [-0.4, -0.2) is 38.1 Å². The van der Waals surface area contributed by atoms with E-state index in [9.17, 15) is 0 Å². The predicted octanol–water partition coefficient (Wildman–Crippen LogP) is 2.35. The normalized spacial score (nSPS) is 13.9. The maximum atomic E-state index is 3.19. The van der Waals surface area contributed by atoms with Crippen LogP contribution in [0, 0.1) is 5.92 Å². The van der Waals surface area contributed by atoms with Crippen molar-refractivity contribution in [2.24, 2.45) is 5.92 Å². The summed E-state index contributed by atoms with van der Waals surface area (Å²) in [5.74, 6) is 0.821. The summed E-state index contributed by atoms with van der Waals surface area (Å²) in [5.41, 5.74) is 0. The molecule has 0 spiro atoms. The Hall–Kier alpha value is -0.0800. The van der Waals surface area contributed by atoms with Crippen LogP contribution in [0.4, 0.5) is 0 Å². The Morgan fingerprint density at radius 2 is 1.79 bits per heavy atom. The molecule has 0 aliphatic heterocycles. The lowest BCUT2D eigenvalue weighted by molar-refractivity contribution is 0.230. The van der Waals surface area contributed by atoms with Crippen LogP contribution >= 0.6 is 0 Å². The SMILES string of the molecule is CNCCCC(C)N(C)CCC(C)C. The molecule has 0 heterocycles. The summed E-state index contributed by atoms with van der Waals surface area (Å²) >= 11 is 0. The summed E-state index contributed by atoms with van der Waals surface area (Å²) < 4.78 is 0. The molecule has 2 nitrogen and oxygen atoms in total. The van der Waals surface area contributed by atoms with Crippen LogP contribution in [0.15, 0.2) is 0 Å². The minimum atomic E-state index is 0.724. The zero-order valence-corrected chi connectivity index (χ0v) is 10.6. The van der Waals surface area contributed by atoms with Gasteiger partial charge in [0.1, 0.15) is 0 Å². The number of hydrogen-bond acceptors (Lipinski definition) is 2. The number of nitrogens with zero attached hydrogens (tertiary/aromatic N) is 1.